The van der Waals surface area contributed by atoms with Crippen molar-refractivity contribution in [3.05, 3.63) is 161 Å². The summed E-state index contributed by atoms with van der Waals surface area (Å²) in [7, 11) is 0. The Balaban J connectivity index is 1.10. The van der Waals surface area contributed by atoms with Gasteiger partial charge >= 0.3 is 0 Å². The van der Waals surface area contributed by atoms with Gasteiger partial charge in [-0.25, -0.2) is 9.98 Å². The highest BCUT2D eigenvalue weighted by Gasteiger charge is 2.50. The van der Waals surface area contributed by atoms with Crippen LogP contribution < -0.4 is 5.73 Å². The second kappa shape index (κ2) is 11.3. The third-order valence-corrected chi connectivity index (χ3v) is 8.47. The number of fused-ring (bicyclic) bond motifs is 1. The second-order valence-electron chi connectivity index (χ2n) is 11.2. The van der Waals surface area contributed by atoms with Gasteiger partial charge < -0.3 is 15.2 Å². The van der Waals surface area contributed by atoms with E-state index in [-0.39, 0.29) is 24.3 Å². The smallest absolute Gasteiger partial charge is 0.266 e. The van der Waals surface area contributed by atoms with Gasteiger partial charge in [-0.3, -0.25) is 14.5 Å². The van der Waals surface area contributed by atoms with Crippen molar-refractivity contribution in [2.24, 2.45) is 10.7 Å². The molecule has 0 aliphatic carbocycles. The molecule has 2 aliphatic heterocycles. The molecule has 2 N–H and O–H groups in total. The topological polar surface area (TPSA) is 96.8 Å². The lowest BCUT2D eigenvalue weighted by molar-refractivity contribution is -0.130. The van der Waals surface area contributed by atoms with Gasteiger partial charge in [0.1, 0.15) is 5.82 Å². The molecule has 0 unspecified atom stereocenters. The molecule has 8 heteroatoms. The second-order valence-corrected chi connectivity index (χ2v) is 11.2. The van der Waals surface area contributed by atoms with Gasteiger partial charge in [0, 0.05) is 37.0 Å². The quantitative estimate of drug-likeness (QED) is 0.301. The zero-order valence-electron chi connectivity index (χ0n) is 24.2. The summed E-state index contributed by atoms with van der Waals surface area (Å²) in [6.45, 7) is 1.93. The number of hydrogen-bond acceptors (Lipinski definition) is 5. The first-order chi connectivity index (χ1) is 21.5. The van der Waals surface area contributed by atoms with E-state index in [0.29, 0.717) is 25.2 Å². The number of aliphatic imine (C=N–C) groups is 1. The zero-order valence-corrected chi connectivity index (χ0v) is 24.2. The summed E-state index contributed by atoms with van der Waals surface area (Å²) in [6.07, 6.45) is 2.72. The Morgan fingerprint density at radius 3 is 2.11 bits per heavy atom. The molecule has 0 fully saturated rings. The standard InChI is InChI=1S/C36H32N6O2/c37-35-39-36(29-15-6-2-7-16-29,30-17-8-3-9-18-30)34(44)42(35)24-27-13-10-14-28(21-27)33(43)40-19-20-41-31(23-38-32(41)25-40)22-26-11-4-1-5-12-26/h1-18,21,23H,19-20,22,24-25H2,(H2,37,39). The Labute approximate surface area is 256 Å². The van der Waals surface area contributed by atoms with Crippen molar-refractivity contribution in [3.8, 4) is 0 Å². The lowest BCUT2D eigenvalue weighted by Gasteiger charge is -2.29. The molecule has 4 aromatic carbocycles. The third kappa shape index (κ3) is 4.84. The van der Waals surface area contributed by atoms with E-state index in [2.05, 4.69) is 21.7 Å². The van der Waals surface area contributed by atoms with E-state index >= 15 is 0 Å². The molecule has 0 atom stereocenters. The van der Waals surface area contributed by atoms with Crippen LogP contribution in [0.25, 0.3) is 0 Å². The van der Waals surface area contributed by atoms with Crippen LogP contribution in [0.3, 0.4) is 0 Å². The molecule has 8 nitrogen and oxygen atoms in total. The van der Waals surface area contributed by atoms with Crippen LogP contribution in [0.1, 0.15) is 44.1 Å². The number of guanidine groups is 1. The molecule has 0 saturated heterocycles. The first kappa shape index (κ1) is 27.3. The minimum Gasteiger partial charge on any atom is -0.369 e. The predicted molar refractivity (Wildman–Crippen MR) is 168 cm³/mol. The maximum Gasteiger partial charge on any atom is 0.266 e. The van der Waals surface area contributed by atoms with Gasteiger partial charge in [-0.1, -0.05) is 103 Å². The molecule has 0 saturated carbocycles. The number of imidazole rings is 1. The van der Waals surface area contributed by atoms with E-state index < -0.39 is 5.54 Å². The van der Waals surface area contributed by atoms with Gasteiger partial charge in [-0.05, 0) is 34.4 Å². The van der Waals surface area contributed by atoms with Gasteiger partial charge in [-0.2, -0.15) is 0 Å². The number of nitrogens with zero attached hydrogens (tertiary/aromatic N) is 5. The molecular formula is C36H32N6O2. The van der Waals surface area contributed by atoms with E-state index in [1.165, 1.54) is 10.5 Å². The Kier molecular flexibility index (Phi) is 7.02. The van der Waals surface area contributed by atoms with Crippen LogP contribution in [0, 0.1) is 0 Å². The highest BCUT2D eigenvalue weighted by atomic mass is 16.2. The molecule has 2 amide bonds. The van der Waals surface area contributed by atoms with Crippen LogP contribution in [0.15, 0.2) is 126 Å². The minimum atomic E-state index is -1.27. The van der Waals surface area contributed by atoms with Crippen molar-refractivity contribution < 1.29 is 9.59 Å². The van der Waals surface area contributed by atoms with E-state index in [4.69, 9.17) is 10.7 Å². The van der Waals surface area contributed by atoms with Crippen molar-refractivity contribution in [2.45, 2.75) is 31.6 Å². The van der Waals surface area contributed by atoms with Gasteiger partial charge in [-0.15, -0.1) is 0 Å². The molecule has 5 aromatic rings. The molecule has 0 radical (unpaired) electrons. The van der Waals surface area contributed by atoms with Crippen molar-refractivity contribution in [1.82, 2.24) is 19.4 Å². The molecule has 1 aromatic heterocycles. The normalized spacial score (nSPS) is 15.6. The largest absolute Gasteiger partial charge is 0.369 e. The average Bonchev–Trinajstić information content (AvgIpc) is 3.59. The number of hydrogen-bond donors (Lipinski definition) is 1. The fourth-order valence-corrected chi connectivity index (χ4v) is 6.24. The predicted octanol–water partition coefficient (Wildman–Crippen LogP) is 4.73. The lowest BCUT2D eigenvalue weighted by Crippen LogP contribution is -2.43. The Hall–Kier alpha value is -5.50. The van der Waals surface area contributed by atoms with E-state index in [1.807, 2.05) is 114 Å². The number of carbonyl (C=O) groups excluding carboxylic acids is 2. The maximum absolute atomic E-state index is 14.2. The van der Waals surface area contributed by atoms with Gasteiger partial charge in [0.2, 0.25) is 0 Å². The Morgan fingerprint density at radius 2 is 1.43 bits per heavy atom. The van der Waals surface area contributed by atoms with Crippen LogP contribution in [-0.4, -0.2) is 43.7 Å². The number of amides is 2. The van der Waals surface area contributed by atoms with Crippen LogP contribution in [0.5, 0.6) is 0 Å². The average molecular weight is 581 g/mol. The van der Waals surface area contributed by atoms with Crippen molar-refractivity contribution in [1.29, 1.82) is 0 Å². The Bertz CT molecular complexity index is 1810. The third-order valence-electron chi connectivity index (χ3n) is 8.47. The van der Waals surface area contributed by atoms with Crippen molar-refractivity contribution in [3.63, 3.8) is 0 Å². The fourth-order valence-electron chi connectivity index (χ4n) is 6.24. The van der Waals surface area contributed by atoms with Crippen LogP contribution in [0.2, 0.25) is 0 Å². The summed E-state index contributed by atoms with van der Waals surface area (Å²) in [6, 6.07) is 36.8. The maximum atomic E-state index is 14.2. The minimum absolute atomic E-state index is 0.0667. The van der Waals surface area contributed by atoms with Crippen LogP contribution in [-0.2, 0) is 36.4 Å². The van der Waals surface area contributed by atoms with Crippen LogP contribution in [0.4, 0.5) is 0 Å². The molecule has 0 spiro atoms. The summed E-state index contributed by atoms with van der Waals surface area (Å²) in [5.74, 6) is 0.742. The summed E-state index contributed by atoms with van der Waals surface area (Å²) in [5, 5.41) is 0. The lowest BCUT2D eigenvalue weighted by atomic mass is 9.83. The number of carbonyl (C=O) groups is 2. The summed E-state index contributed by atoms with van der Waals surface area (Å²) in [4.78, 5) is 40.6. The van der Waals surface area contributed by atoms with Crippen LogP contribution >= 0.6 is 0 Å². The molecule has 3 heterocycles. The molecular weight excluding hydrogens is 548 g/mol. The summed E-state index contributed by atoms with van der Waals surface area (Å²) in [5.41, 5.74) is 10.4. The number of nitrogens with two attached hydrogens (primary N) is 1. The molecule has 0 bridgehead atoms. The van der Waals surface area contributed by atoms with Crippen molar-refractivity contribution in [2.75, 3.05) is 6.54 Å². The highest BCUT2D eigenvalue weighted by molar-refractivity contribution is 6.09. The summed E-state index contributed by atoms with van der Waals surface area (Å²) >= 11 is 0. The first-order valence-corrected chi connectivity index (χ1v) is 14.8. The van der Waals surface area contributed by atoms with Gasteiger partial charge in [0.15, 0.2) is 11.5 Å². The Morgan fingerprint density at radius 1 is 0.795 bits per heavy atom. The highest BCUT2D eigenvalue weighted by Crippen LogP contribution is 2.40. The molecule has 7 rings (SSSR count). The van der Waals surface area contributed by atoms with E-state index in [9.17, 15) is 9.59 Å². The number of rotatable bonds is 7. The number of benzene rings is 4. The molecule has 218 valence electrons. The zero-order chi connectivity index (χ0) is 30.1. The monoisotopic (exact) mass is 580 g/mol. The fraction of sp³-hybridized carbons (Fsp3) is 0.167. The number of aromatic nitrogens is 2. The first-order valence-electron chi connectivity index (χ1n) is 14.8. The van der Waals surface area contributed by atoms with Gasteiger partial charge in [0.25, 0.3) is 11.8 Å². The van der Waals surface area contributed by atoms with E-state index in [1.54, 1.807) is 0 Å². The molecule has 44 heavy (non-hydrogen) atoms. The SMILES string of the molecule is NC1=NC(c2ccccc2)(c2ccccc2)C(=O)N1Cc1cccc(C(=O)N2CCn3c(Cc4ccccc4)cnc3C2)c1. The van der Waals surface area contributed by atoms with Crippen molar-refractivity contribution >= 4 is 17.8 Å². The summed E-state index contributed by atoms with van der Waals surface area (Å²) < 4.78 is 2.22. The van der Waals surface area contributed by atoms with Gasteiger partial charge in [0.05, 0.1) is 13.1 Å². The van der Waals surface area contributed by atoms with E-state index in [0.717, 1.165) is 34.6 Å². The molecule has 2 aliphatic rings.